The average Bonchev–Trinajstić information content (AvgIpc) is 2.87. The number of amides is 1. The molecule has 0 spiro atoms. The number of carbonyl (C=O) groups excluding carboxylic acids is 1. The first-order valence-corrected chi connectivity index (χ1v) is 11.9. The van der Waals surface area contributed by atoms with Crippen LogP contribution in [0.2, 0.25) is 0 Å². The summed E-state index contributed by atoms with van der Waals surface area (Å²) in [7, 11) is 0. The molecule has 1 atom stereocenters. The van der Waals surface area contributed by atoms with Crippen LogP contribution in [0, 0.1) is 11.3 Å². The van der Waals surface area contributed by atoms with Crippen LogP contribution in [-0.2, 0) is 11.2 Å². The van der Waals surface area contributed by atoms with Gasteiger partial charge in [-0.2, -0.15) is 5.26 Å². The van der Waals surface area contributed by atoms with Crippen molar-refractivity contribution in [1.29, 1.82) is 5.26 Å². The van der Waals surface area contributed by atoms with Crippen LogP contribution in [0.25, 0.3) is 5.70 Å². The third-order valence-electron chi connectivity index (χ3n) is 6.43. The number of aryl methyl sites for hydroxylation is 1. The Bertz CT molecular complexity index is 1080. The molecule has 4 rings (SSSR count). The van der Waals surface area contributed by atoms with Crippen molar-refractivity contribution in [3.05, 3.63) is 82.9 Å². The van der Waals surface area contributed by atoms with E-state index < -0.39 is 0 Å². The van der Waals surface area contributed by atoms with Crippen molar-refractivity contribution in [2.24, 2.45) is 5.73 Å². The normalized spacial score (nSPS) is 18.4. The molecule has 5 nitrogen and oxygen atoms in total. The molecule has 2 N–H and O–H groups in total. The molecule has 0 aromatic heterocycles. The fraction of sp³-hybridized carbons (Fsp3) is 0.357. The maximum atomic E-state index is 13.6. The van der Waals surface area contributed by atoms with Crippen LogP contribution in [0.4, 0.5) is 5.69 Å². The number of hydrogen-bond acceptors (Lipinski definition) is 4. The zero-order valence-corrected chi connectivity index (χ0v) is 19.3. The predicted molar refractivity (Wildman–Crippen MR) is 133 cm³/mol. The molecule has 2 aromatic carbocycles. The summed E-state index contributed by atoms with van der Waals surface area (Å²) in [5, 5.41) is 9.24. The standard InChI is InChI=1S/C28H32N4O/c1-2-3-6-21-11-15-25(16-12-21)32-18-5-8-26(28(33)31-17-4-7-24(30)20-31)27(32)23-13-9-22(19-29)10-14-23/h5,8-16,24H,2-4,6-7,17-18,20,30H2,1H3. The molecule has 0 saturated carbocycles. The van der Waals surface area contributed by atoms with Crippen molar-refractivity contribution in [3.8, 4) is 6.07 Å². The van der Waals surface area contributed by atoms with Crippen LogP contribution in [0.15, 0.2) is 66.3 Å². The smallest absolute Gasteiger partial charge is 0.256 e. The number of benzene rings is 2. The summed E-state index contributed by atoms with van der Waals surface area (Å²) in [4.78, 5) is 17.7. The summed E-state index contributed by atoms with van der Waals surface area (Å²) in [6.45, 7) is 4.20. The van der Waals surface area contributed by atoms with Crippen molar-refractivity contribution in [3.63, 3.8) is 0 Å². The predicted octanol–water partition coefficient (Wildman–Crippen LogP) is 4.64. The highest BCUT2D eigenvalue weighted by Gasteiger charge is 2.29. The first kappa shape index (κ1) is 22.8. The Hall–Kier alpha value is -3.36. The zero-order valence-electron chi connectivity index (χ0n) is 19.3. The SMILES string of the molecule is CCCCc1ccc(N2CC=CC(C(=O)N3CCCC(N)C3)=C2c2ccc(C#N)cc2)cc1. The summed E-state index contributed by atoms with van der Waals surface area (Å²) in [5.41, 5.74) is 11.6. The van der Waals surface area contributed by atoms with Gasteiger partial charge in [0, 0.05) is 31.4 Å². The fourth-order valence-corrected chi connectivity index (χ4v) is 4.60. The number of carbonyl (C=O) groups is 1. The minimum absolute atomic E-state index is 0.0185. The second kappa shape index (κ2) is 10.5. The second-order valence-electron chi connectivity index (χ2n) is 8.89. The number of nitrogens with zero attached hydrogens (tertiary/aromatic N) is 3. The fourth-order valence-electron chi connectivity index (χ4n) is 4.60. The molecule has 0 bridgehead atoms. The van der Waals surface area contributed by atoms with Gasteiger partial charge in [-0.25, -0.2) is 0 Å². The molecule has 170 valence electrons. The number of rotatable bonds is 6. The monoisotopic (exact) mass is 440 g/mol. The van der Waals surface area contributed by atoms with E-state index in [4.69, 9.17) is 5.73 Å². The molecule has 2 aromatic rings. The molecule has 2 aliphatic rings. The Morgan fingerprint density at radius 1 is 1.15 bits per heavy atom. The molecule has 1 unspecified atom stereocenters. The Kier molecular flexibility index (Phi) is 7.26. The highest BCUT2D eigenvalue weighted by molar-refractivity contribution is 6.07. The lowest BCUT2D eigenvalue weighted by atomic mass is 9.97. The van der Waals surface area contributed by atoms with Gasteiger partial charge in [-0.05, 0) is 67.2 Å². The summed E-state index contributed by atoms with van der Waals surface area (Å²) in [6.07, 6.45) is 9.32. The molecule has 2 aliphatic heterocycles. The molecule has 1 amide bonds. The van der Waals surface area contributed by atoms with Gasteiger partial charge in [-0.1, -0.05) is 43.7 Å². The molecule has 2 heterocycles. The van der Waals surface area contributed by atoms with Gasteiger partial charge in [0.25, 0.3) is 5.91 Å². The molecule has 0 radical (unpaired) electrons. The van der Waals surface area contributed by atoms with E-state index in [1.807, 2.05) is 35.2 Å². The second-order valence-corrected chi connectivity index (χ2v) is 8.89. The van der Waals surface area contributed by atoms with Gasteiger partial charge >= 0.3 is 0 Å². The van der Waals surface area contributed by atoms with E-state index in [-0.39, 0.29) is 11.9 Å². The molecular formula is C28H32N4O. The van der Waals surface area contributed by atoms with Crippen molar-refractivity contribution < 1.29 is 4.79 Å². The van der Waals surface area contributed by atoms with E-state index in [0.29, 0.717) is 24.2 Å². The Morgan fingerprint density at radius 3 is 2.58 bits per heavy atom. The Balaban J connectivity index is 1.74. The molecule has 33 heavy (non-hydrogen) atoms. The third kappa shape index (κ3) is 5.18. The van der Waals surface area contributed by atoms with Gasteiger partial charge in [-0.15, -0.1) is 0 Å². The molecule has 5 heteroatoms. The number of anilines is 1. The maximum absolute atomic E-state index is 13.6. The van der Waals surface area contributed by atoms with Crippen molar-refractivity contribution in [1.82, 2.24) is 4.90 Å². The zero-order chi connectivity index (χ0) is 23.2. The number of likely N-dealkylation sites (tertiary alicyclic amines) is 1. The topological polar surface area (TPSA) is 73.4 Å². The van der Waals surface area contributed by atoms with Crippen molar-refractivity contribution in [2.75, 3.05) is 24.5 Å². The minimum atomic E-state index is 0.0185. The molecule has 0 aliphatic carbocycles. The van der Waals surface area contributed by atoms with E-state index in [0.717, 1.165) is 42.8 Å². The summed E-state index contributed by atoms with van der Waals surface area (Å²) >= 11 is 0. The number of hydrogen-bond donors (Lipinski definition) is 1. The molecule has 1 saturated heterocycles. The van der Waals surface area contributed by atoms with Gasteiger partial charge in [0.05, 0.1) is 22.9 Å². The Labute approximate surface area is 196 Å². The van der Waals surface area contributed by atoms with Crippen LogP contribution < -0.4 is 10.6 Å². The van der Waals surface area contributed by atoms with E-state index in [9.17, 15) is 10.1 Å². The molecular weight excluding hydrogens is 408 g/mol. The van der Waals surface area contributed by atoms with Gasteiger partial charge in [-0.3, -0.25) is 4.79 Å². The lowest BCUT2D eigenvalue weighted by Crippen LogP contribution is -2.46. The Morgan fingerprint density at radius 2 is 1.91 bits per heavy atom. The quantitative estimate of drug-likeness (QED) is 0.710. The summed E-state index contributed by atoms with van der Waals surface area (Å²) < 4.78 is 0. The van der Waals surface area contributed by atoms with Gasteiger partial charge in [0.1, 0.15) is 0 Å². The van der Waals surface area contributed by atoms with E-state index in [2.05, 4.69) is 48.2 Å². The number of piperidine rings is 1. The van der Waals surface area contributed by atoms with Crippen LogP contribution in [0.3, 0.4) is 0 Å². The summed E-state index contributed by atoms with van der Waals surface area (Å²) in [6, 6.07) is 18.4. The van der Waals surface area contributed by atoms with E-state index in [1.54, 1.807) is 0 Å². The number of nitrogens with two attached hydrogens (primary N) is 1. The van der Waals surface area contributed by atoms with Crippen LogP contribution in [0.5, 0.6) is 0 Å². The maximum Gasteiger partial charge on any atom is 0.256 e. The van der Waals surface area contributed by atoms with Crippen LogP contribution in [0.1, 0.15) is 49.3 Å². The van der Waals surface area contributed by atoms with Crippen LogP contribution in [-0.4, -0.2) is 36.5 Å². The van der Waals surface area contributed by atoms with Crippen molar-refractivity contribution >= 4 is 17.3 Å². The first-order valence-electron chi connectivity index (χ1n) is 11.9. The average molecular weight is 441 g/mol. The highest BCUT2D eigenvalue weighted by atomic mass is 16.2. The first-order chi connectivity index (χ1) is 16.1. The van der Waals surface area contributed by atoms with Gasteiger partial charge in [0.2, 0.25) is 0 Å². The minimum Gasteiger partial charge on any atom is -0.337 e. The van der Waals surface area contributed by atoms with Crippen LogP contribution >= 0.6 is 0 Å². The highest BCUT2D eigenvalue weighted by Crippen LogP contribution is 2.33. The van der Waals surface area contributed by atoms with Gasteiger partial charge < -0.3 is 15.5 Å². The molecule has 1 fully saturated rings. The largest absolute Gasteiger partial charge is 0.337 e. The lowest BCUT2D eigenvalue weighted by molar-refractivity contribution is -0.127. The lowest BCUT2D eigenvalue weighted by Gasteiger charge is -2.35. The number of nitriles is 1. The van der Waals surface area contributed by atoms with E-state index >= 15 is 0 Å². The van der Waals surface area contributed by atoms with Gasteiger partial charge in [0.15, 0.2) is 0 Å². The summed E-state index contributed by atoms with van der Waals surface area (Å²) in [5.74, 6) is 0.0185. The number of unbranched alkanes of at least 4 members (excludes halogenated alkanes) is 1. The van der Waals surface area contributed by atoms with E-state index in [1.165, 1.54) is 18.4 Å². The van der Waals surface area contributed by atoms with Crippen molar-refractivity contribution in [2.45, 2.75) is 45.1 Å². The third-order valence-corrected chi connectivity index (χ3v) is 6.43.